The molecule has 0 amide bonds. The van der Waals surface area contributed by atoms with Crippen molar-refractivity contribution >= 4 is 33.6 Å². The van der Waals surface area contributed by atoms with E-state index in [0.717, 1.165) is 33.4 Å². The fraction of sp³-hybridized carbons (Fsp3) is 0.379. The number of hydrogen-bond donors (Lipinski definition) is 3. The van der Waals surface area contributed by atoms with Crippen molar-refractivity contribution in [3.05, 3.63) is 85.0 Å². The Hall–Kier alpha value is -4.74. The maximum atomic E-state index is 11.4. The molecular weight excluding hydrogens is 524 g/mol. The van der Waals surface area contributed by atoms with Crippen LogP contribution in [0.3, 0.4) is 0 Å². The van der Waals surface area contributed by atoms with Gasteiger partial charge in [-0.25, -0.2) is 29.3 Å². The van der Waals surface area contributed by atoms with Gasteiger partial charge in [-0.3, -0.25) is 19.1 Å². The number of nitrogens with zero attached hydrogens (tertiary/aromatic N) is 5. The molecule has 12 nitrogen and oxygen atoms in total. The molecule has 3 N–H and O–H groups in total. The number of H-pyrrole nitrogens is 3. The van der Waals surface area contributed by atoms with Gasteiger partial charge in [0.2, 0.25) is 0 Å². The molecule has 41 heavy (non-hydrogen) atoms. The van der Waals surface area contributed by atoms with Gasteiger partial charge in [-0.2, -0.15) is 0 Å². The Bertz CT molecular complexity index is 1980. The number of rotatable bonds is 3. The van der Waals surface area contributed by atoms with E-state index in [1.54, 1.807) is 37.3 Å². The SMILES string of the molecule is CC(C)c1ccnc2[nH]c(=O)n(C)c12.CC(C)c1ccnc2[nH]c(=O)oc12.CC(C)c1ccnc2c1[nH]c(=O)n2C. The van der Waals surface area contributed by atoms with Crippen LogP contribution in [0.1, 0.15) is 76.0 Å². The van der Waals surface area contributed by atoms with Gasteiger partial charge >= 0.3 is 17.1 Å². The van der Waals surface area contributed by atoms with E-state index in [9.17, 15) is 14.4 Å². The summed E-state index contributed by atoms with van der Waals surface area (Å²) in [6.45, 7) is 12.5. The second-order valence-electron chi connectivity index (χ2n) is 10.7. The normalized spacial score (nSPS) is 11.4. The van der Waals surface area contributed by atoms with Gasteiger partial charge in [-0.15, -0.1) is 0 Å². The first-order chi connectivity index (χ1) is 19.4. The molecule has 6 aromatic rings. The predicted molar refractivity (Wildman–Crippen MR) is 160 cm³/mol. The minimum atomic E-state index is -0.449. The molecule has 0 aromatic carbocycles. The van der Waals surface area contributed by atoms with Crippen LogP contribution in [0.5, 0.6) is 0 Å². The molecule has 216 valence electrons. The summed E-state index contributed by atoms with van der Waals surface area (Å²) in [5.41, 5.74) is 7.32. The van der Waals surface area contributed by atoms with E-state index in [-0.39, 0.29) is 11.4 Å². The fourth-order valence-corrected chi connectivity index (χ4v) is 4.61. The first-order valence-electron chi connectivity index (χ1n) is 13.5. The zero-order chi connectivity index (χ0) is 30.0. The van der Waals surface area contributed by atoms with Gasteiger partial charge in [0, 0.05) is 38.2 Å². The van der Waals surface area contributed by atoms with E-state index in [4.69, 9.17) is 4.42 Å². The monoisotopic (exact) mass is 560 g/mol. The van der Waals surface area contributed by atoms with Crippen LogP contribution in [0.2, 0.25) is 0 Å². The van der Waals surface area contributed by atoms with Crippen LogP contribution in [0.4, 0.5) is 0 Å². The Kier molecular flexibility index (Phi) is 8.41. The van der Waals surface area contributed by atoms with E-state index < -0.39 is 5.76 Å². The van der Waals surface area contributed by atoms with Gasteiger partial charge in [-0.05, 0) is 47.1 Å². The molecule has 0 aliphatic carbocycles. The van der Waals surface area contributed by atoms with E-state index >= 15 is 0 Å². The quantitative estimate of drug-likeness (QED) is 0.289. The summed E-state index contributed by atoms with van der Waals surface area (Å²) < 4.78 is 8.12. The summed E-state index contributed by atoms with van der Waals surface area (Å²) in [5, 5.41) is 0. The molecule has 0 aliphatic rings. The van der Waals surface area contributed by atoms with Crippen molar-refractivity contribution in [3.8, 4) is 0 Å². The molecule has 6 aromatic heterocycles. The smallest absolute Gasteiger partial charge is 0.406 e. The lowest BCUT2D eigenvalue weighted by Gasteiger charge is -2.06. The number of pyridine rings is 3. The van der Waals surface area contributed by atoms with Gasteiger partial charge in [0.1, 0.15) is 0 Å². The lowest BCUT2D eigenvalue weighted by Crippen LogP contribution is -2.12. The third-order valence-electron chi connectivity index (χ3n) is 6.85. The first kappa shape index (κ1) is 29.2. The third kappa shape index (κ3) is 5.91. The fourth-order valence-electron chi connectivity index (χ4n) is 4.61. The van der Waals surface area contributed by atoms with Crippen molar-refractivity contribution in [1.82, 2.24) is 39.0 Å². The molecule has 0 atom stereocenters. The van der Waals surface area contributed by atoms with Crippen LogP contribution < -0.4 is 17.1 Å². The van der Waals surface area contributed by atoms with Crippen molar-refractivity contribution in [3.63, 3.8) is 0 Å². The van der Waals surface area contributed by atoms with Gasteiger partial charge in [0.25, 0.3) is 0 Å². The molecule has 0 spiro atoms. The molecule has 0 bridgehead atoms. The Balaban J connectivity index is 0.000000142. The summed E-state index contributed by atoms with van der Waals surface area (Å²) in [4.78, 5) is 54.0. The molecule has 6 heterocycles. The van der Waals surface area contributed by atoms with Crippen LogP contribution >= 0.6 is 0 Å². The molecule has 0 fully saturated rings. The summed E-state index contributed by atoms with van der Waals surface area (Å²) in [5.74, 6) is 0.653. The van der Waals surface area contributed by atoms with E-state index in [1.807, 2.05) is 32.0 Å². The number of aromatic nitrogens is 8. The molecule has 12 heteroatoms. The van der Waals surface area contributed by atoms with Crippen molar-refractivity contribution < 1.29 is 4.42 Å². The summed E-state index contributed by atoms with van der Waals surface area (Å²) in [6.07, 6.45) is 5.14. The van der Waals surface area contributed by atoms with Crippen LogP contribution in [0, 0.1) is 0 Å². The Morgan fingerprint density at radius 3 is 1.83 bits per heavy atom. The Labute approximate surface area is 235 Å². The number of oxazole rings is 1. The second kappa shape index (κ2) is 11.8. The molecule has 0 aliphatic heterocycles. The number of hydrogen-bond acceptors (Lipinski definition) is 7. The first-order valence-corrected chi connectivity index (χ1v) is 13.5. The van der Waals surface area contributed by atoms with Gasteiger partial charge in [-0.1, -0.05) is 41.5 Å². The predicted octanol–water partition coefficient (Wildman–Crippen LogP) is 4.41. The van der Waals surface area contributed by atoms with Crippen molar-refractivity contribution in [2.24, 2.45) is 14.1 Å². The summed E-state index contributed by atoms with van der Waals surface area (Å²) >= 11 is 0. The highest BCUT2D eigenvalue weighted by Crippen LogP contribution is 2.22. The molecule has 0 saturated carbocycles. The number of aromatic amines is 3. The lowest BCUT2D eigenvalue weighted by atomic mass is 10.0. The van der Waals surface area contributed by atoms with Crippen LogP contribution in [0.15, 0.2) is 55.6 Å². The highest BCUT2D eigenvalue weighted by Gasteiger charge is 2.12. The zero-order valence-electron chi connectivity index (χ0n) is 24.6. The topological polar surface area (TPSA) is 160 Å². The minimum Gasteiger partial charge on any atom is -0.406 e. The Morgan fingerprint density at radius 1 is 0.659 bits per heavy atom. The average Bonchev–Trinajstić information content (AvgIpc) is 3.55. The molecular formula is C29H36N8O4. The largest absolute Gasteiger partial charge is 0.418 e. The summed E-state index contributed by atoms with van der Waals surface area (Å²) in [6, 6.07) is 5.77. The van der Waals surface area contributed by atoms with Crippen molar-refractivity contribution in [2.45, 2.75) is 59.3 Å². The summed E-state index contributed by atoms with van der Waals surface area (Å²) in [7, 11) is 3.48. The highest BCUT2D eigenvalue weighted by molar-refractivity contribution is 5.76. The molecule has 0 saturated heterocycles. The van der Waals surface area contributed by atoms with Crippen LogP contribution in [-0.2, 0) is 14.1 Å². The molecule has 0 radical (unpaired) electrons. The van der Waals surface area contributed by atoms with Gasteiger partial charge in [0.15, 0.2) is 22.5 Å². The Morgan fingerprint density at radius 2 is 1.20 bits per heavy atom. The number of nitrogens with one attached hydrogen (secondary N) is 3. The third-order valence-corrected chi connectivity index (χ3v) is 6.85. The van der Waals surface area contributed by atoms with E-state index in [2.05, 4.69) is 57.6 Å². The molecule has 6 rings (SSSR count). The molecule has 0 unspecified atom stereocenters. The van der Waals surface area contributed by atoms with Crippen molar-refractivity contribution in [2.75, 3.05) is 0 Å². The minimum absolute atomic E-state index is 0.111. The second-order valence-corrected chi connectivity index (χ2v) is 10.7. The number of fused-ring (bicyclic) bond motifs is 3. The van der Waals surface area contributed by atoms with Gasteiger partial charge in [0.05, 0.1) is 11.0 Å². The number of imidazole rings is 2. The van der Waals surface area contributed by atoms with Crippen molar-refractivity contribution in [1.29, 1.82) is 0 Å². The van der Waals surface area contributed by atoms with Gasteiger partial charge < -0.3 is 9.40 Å². The number of aryl methyl sites for hydroxylation is 2. The highest BCUT2D eigenvalue weighted by atomic mass is 16.4. The zero-order valence-corrected chi connectivity index (χ0v) is 24.6. The average molecular weight is 561 g/mol. The van der Waals surface area contributed by atoms with Crippen LogP contribution in [0.25, 0.3) is 33.6 Å². The maximum absolute atomic E-state index is 11.4. The van der Waals surface area contributed by atoms with E-state index in [1.165, 1.54) is 4.57 Å². The van der Waals surface area contributed by atoms with Crippen LogP contribution in [-0.4, -0.2) is 39.0 Å². The maximum Gasteiger partial charge on any atom is 0.418 e. The van der Waals surface area contributed by atoms with E-state index in [0.29, 0.717) is 34.6 Å². The standard InChI is InChI=1S/2C10H13N3O.C9H10N2O2/c1-6(2)7-4-5-11-9-8(7)13(3)10(14)12-9;1-6(2)7-4-5-11-9-8(7)12-10(14)13(9)3;1-5(2)6-3-4-10-8-7(6)13-9(12)11-8/h4-6H,1-3H3,(H,11,12,14);4-6H,1-3H3,(H,12,14);3-5H,1-2H3,(H,10,11,12). The lowest BCUT2D eigenvalue weighted by molar-refractivity contribution is 0.549.